The number of hydrogen-bond donors (Lipinski definition) is 0. The van der Waals surface area contributed by atoms with Crippen LogP contribution in [0.2, 0.25) is 0 Å². The zero-order valence-electron chi connectivity index (χ0n) is 18.5. The van der Waals surface area contributed by atoms with Crippen molar-refractivity contribution in [2.24, 2.45) is 15.4 Å². The van der Waals surface area contributed by atoms with Crippen LogP contribution in [-0.4, -0.2) is 51.3 Å². The third-order valence-corrected chi connectivity index (χ3v) is 5.88. The van der Waals surface area contributed by atoms with E-state index in [4.69, 9.17) is 28.9 Å². The van der Waals surface area contributed by atoms with Gasteiger partial charge in [-0.05, 0) is 25.0 Å². The summed E-state index contributed by atoms with van der Waals surface area (Å²) < 4.78 is 23.6. The minimum absolute atomic E-state index is 0.115. The molecule has 4 rings (SSSR count). The van der Waals surface area contributed by atoms with Crippen molar-refractivity contribution < 1.29 is 18.9 Å². The first-order valence-corrected chi connectivity index (χ1v) is 10.6. The molecular weight excluding hydrogens is 392 g/mol. The van der Waals surface area contributed by atoms with Gasteiger partial charge < -0.3 is 18.9 Å². The lowest BCUT2D eigenvalue weighted by atomic mass is 9.92. The molecule has 6 heteroatoms. The molecule has 2 heterocycles. The van der Waals surface area contributed by atoms with Crippen LogP contribution in [0.3, 0.4) is 0 Å². The zero-order chi connectivity index (χ0) is 21.8. The first kappa shape index (κ1) is 21.5. The van der Waals surface area contributed by atoms with E-state index in [1.165, 1.54) is 0 Å². The highest BCUT2D eigenvalue weighted by atomic mass is 16.5. The summed E-state index contributed by atoms with van der Waals surface area (Å²) >= 11 is 0. The smallest absolute Gasteiger partial charge is 0.199 e. The van der Waals surface area contributed by atoms with Crippen LogP contribution >= 0.6 is 0 Å². The Bertz CT molecular complexity index is 852. The molecule has 6 nitrogen and oxygen atoms in total. The summed E-state index contributed by atoms with van der Waals surface area (Å²) in [6.45, 7) is 5.00. The number of ether oxygens (including phenoxy) is 4. The highest BCUT2D eigenvalue weighted by molar-refractivity contribution is 6.05. The number of rotatable bonds is 8. The molecule has 31 heavy (non-hydrogen) atoms. The minimum Gasteiger partial charge on any atom is -0.478 e. The first-order chi connectivity index (χ1) is 15.0. The highest BCUT2D eigenvalue weighted by Crippen LogP contribution is 2.35. The molecule has 0 N–H and O–H groups in total. The molecule has 0 unspecified atom stereocenters. The first-order valence-electron chi connectivity index (χ1n) is 10.6. The second-order valence-corrected chi connectivity index (χ2v) is 8.38. The van der Waals surface area contributed by atoms with Crippen LogP contribution in [0.1, 0.15) is 37.2 Å². The monoisotopic (exact) mass is 422 g/mol. The summed E-state index contributed by atoms with van der Waals surface area (Å²) in [6, 6.07) is 20.0. The minimum atomic E-state index is -0.576. The fourth-order valence-corrected chi connectivity index (χ4v) is 4.18. The van der Waals surface area contributed by atoms with E-state index in [2.05, 4.69) is 24.3 Å². The summed E-state index contributed by atoms with van der Waals surface area (Å²) in [4.78, 5) is 9.75. The van der Waals surface area contributed by atoms with E-state index in [0.29, 0.717) is 25.0 Å². The number of nitrogens with zero attached hydrogens (tertiary/aromatic N) is 2. The Kier molecular flexibility index (Phi) is 6.39. The van der Waals surface area contributed by atoms with Crippen LogP contribution < -0.4 is 0 Å². The van der Waals surface area contributed by atoms with Crippen LogP contribution in [-0.2, 0) is 18.9 Å². The molecule has 4 atom stereocenters. The van der Waals surface area contributed by atoms with Gasteiger partial charge in [-0.3, -0.25) is 0 Å². The lowest BCUT2D eigenvalue weighted by Gasteiger charge is -2.22. The zero-order valence-corrected chi connectivity index (χ0v) is 18.5. The van der Waals surface area contributed by atoms with Crippen LogP contribution in [0, 0.1) is 5.41 Å². The van der Waals surface area contributed by atoms with Gasteiger partial charge in [-0.1, -0.05) is 60.7 Å². The molecule has 2 aliphatic heterocycles. The lowest BCUT2D eigenvalue weighted by Crippen LogP contribution is -2.34. The standard InChI is InChI=1S/C25H30N2O4/c1-25(2,23-26-19(15-30-23)21(28-3)17-11-7-5-8-12-17)24-27-20(16-31-24)22(29-4)18-13-9-6-10-14-18/h5-14,19-22H,15-16H2,1-4H3/t19-,20-,21+,22+/m1/s1. The molecule has 0 saturated carbocycles. The van der Waals surface area contributed by atoms with Gasteiger partial charge in [0.25, 0.3) is 0 Å². The van der Waals surface area contributed by atoms with E-state index < -0.39 is 5.41 Å². The Hall–Kier alpha value is -2.70. The molecule has 2 aromatic rings. The Labute approximate surface area is 183 Å². The second-order valence-electron chi connectivity index (χ2n) is 8.38. The van der Waals surface area contributed by atoms with Crippen molar-refractivity contribution >= 4 is 11.8 Å². The normalized spacial score (nSPS) is 22.8. The van der Waals surface area contributed by atoms with Gasteiger partial charge in [0, 0.05) is 14.2 Å². The number of benzene rings is 2. The molecule has 0 bridgehead atoms. The van der Waals surface area contributed by atoms with Gasteiger partial charge in [-0.25, -0.2) is 9.98 Å². The molecule has 2 aromatic carbocycles. The van der Waals surface area contributed by atoms with E-state index in [-0.39, 0.29) is 24.3 Å². The molecule has 0 aromatic heterocycles. The molecule has 2 aliphatic rings. The van der Waals surface area contributed by atoms with E-state index in [1.807, 2.05) is 50.2 Å². The largest absolute Gasteiger partial charge is 0.478 e. The molecule has 0 radical (unpaired) electrons. The van der Waals surface area contributed by atoms with Gasteiger partial charge in [-0.15, -0.1) is 0 Å². The average molecular weight is 423 g/mol. The summed E-state index contributed by atoms with van der Waals surface area (Å²) in [5.74, 6) is 1.26. The number of aliphatic imine (C=N–C) groups is 2. The van der Waals surface area contributed by atoms with Gasteiger partial charge in [0.2, 0.25) is 0 Å². The van der Waals surface area contributed by atoms with Crippen LogP contribution in [0.4, 0.5) is 0 Å². The van der Waals surface area contributed by atoms with E-state index in [1.54, 1.807) is 14.2 Å². The maximum Gasteiger partial charge on any atom is 0.199 e. The maximum absolute atomic E-state index is 6.03. The van der Waals surface area contributed by atoms with Gasteiger partial charge >= 0.3 is 0 Å². The van der Waals surface area contributed by atoms with E-state index in [0.717, 1.165) is 11.1 Å². The van der Waals surface area contributed by atoms with E-state index >= 15 is 0 Å². The molecule has 0 spiro atoms. The van der Waals surface area contributed by atoms with Gasteiger partial charge in [-0.2, -0.15) is 0 Å². The van der Waals surface area contributed by atoms with E-state index in [9.17, 15) is 0 Å². The topological polar surface area (TPSA) is 61.6 Å². The number of hydrogen-bond acceptors (Lipinski definition) is 6. The Morgan fingerprint density at radius 3 is 1.48 bits per heavy atom. The van der Waals surface area contributed by atoms with Crippen molar-refractivity contribution in [3.05, 3.63) is 71.8 Å². The third-order valence-electron chi connectivity index (χ3n) is 5.88. The van der Waals surface area contributed by atoms with Crippen molar-refractivity contribution in [3.8, 4) is 0 Å². The van der Waals surface area contributed by atoms with Crippen molar-refractivity contribution in [1.82, 2.24) is 0 Å². The molecular formula is C25H30N2O4. The fourth-order valence-electron chi connectivity index (χ4n) is 4.18. The van der Waals surface area contributed by atoms with Gasteiger partial charge in [0.1, 0.15) is 42.9 Å². The van der Waals surface area contributed by atoms with Crippen LogP contribution in [0.25, 0.3) is 0 Å². The summed E-state index contributed by atoms with van der Waals surface area (Å²) in [5, 5.41) is 0. The molecule has 0 saturated heterocycles. The molecule has 0 fully saturated rings. The Morgan fingerprint density at radius 2 is 1.13 bits per heavy atom. The predicted octanol–water partition coefficient (Wildman–Crippen LogP) is 4.38. The fraction of sp³-hybridized carbons (Fsp3) is 0.440. The SMILES string of the molecule is CO[C@@H](c1ccccc1)[C@H]1COC(C(C)(C)C2=N[C@@H]([C@@H](OC)c3ccccc3)CO2)=N1. The maximum atomic E-state index is 6.03. The summed E-state index contributed by atoms with van der Waals surface area (Å²) in [7, 11) is 3.42. The predicted molar refractivity (Wildman–Crippen MR) is 121 cm³/mol. The quantitative estimate of drug-likeness (QED) is 0.633. The van der Waals surface area contributed by atoms with Crippen molar-refractivity contribution in [1.29, 1.82) is 0 Å². The highest BCUT2D eigenvalue weighted by Gasteiger charge is 2.44. The third kappa shape index (κ3) is 4.36. The second kappa shape index (κ2) is 9.20. The molecule has 0 aliphatic carbocycles. The molecule has 0 amide bonds. The van der Waals surface area contributed by atoms with Crippen molar-refractivity contribution in [2.75, 3.05) is 27.4 Å². The van der Waals surface area contributed by atoms with Gasteiger partial charge in [0.05, 0.1) is 0 Å². The summed E-state index contributed by atoms with van der Waals surface area (Å²) in [5.41, 5.74) is 1.59. The van der Waals surface area contributed by atoms with Gasteiger partial charge in [0.15, 0.2) is 11.8 Å². The van der Waals surface area contributed by atoms with Crippen molar-refractivity contribution in [2.45, 2.75) is 38.1 Å². The van der Waals surface area contributed by atoms with Crippen LogP contribution in [0.15, 0.2) is 70.6 Å². The molecule has 164 valence electrons. The Morgan fingerprint density at radius 1 is 0.742 bits per heavy atom. The van der Waals surface area contributed by atoms with Crippen LogP contribution in [0.5, 0.6) is 0 Å². The average Bonchev–Trinajstić information content (AvgIpc) is 3.48. The van der Waals surface area contributed by atoms with Crippen molar-refractivity contribution in [3.63, 3.8) is 0 Å². The number of methoxy groups -OCH3 is 2. The Balaban J connectivity index is 1.53. The summed E-state index contributed by atoms with van der Waals surface area (Å²) in [6.07, 6.45) is -0.325. The lowest BCUT2D eigenvalue weighted by molar-refractivity contribution is 0.0707.